The second kappa shape index (κ2) is 7.03. The first-order chi connectivity index (χ1) is 11.6. The quantitative estimate of drug-likeness (QED) is 0.637. The number of aliphatic hydroxyl groups excluding tert-OH is 1. The van der Waals surface area contributed by atoms with Gasteiger partial charge in [-0.15, -0.1) is 0 Å². The molecule has 0 aromatic heterocycles. The molecule has 0 bridgehead atoms. The molecule has 0 aliphatic carbocycles. The summed E-state index contributed by atoms with van der Waals surface area (Å²) in [6.07, 6.45) is 0.181. The van der Waals surface area contributed by atoms with Gasteiger partial charge in [-0.05, 0) is 36.1 Å². The van der Waals surface area contributed by atoms with Crippen molar-refractivity contribution >= 4 is 11.6 Å². The first kappa shape index (κ1) is 16.5. The summed E-state index contributed by atoms with van der Waals surface area (Å²) in [7, 11) is 0. The predicted molar refractivity (Wildman–Crippen MR) is 92.9 cm³/mol. The lowest BCUT2D eigenvalue weighted by atomic mass is 9.93. The van der Waals surface area contributed by atoms with E-state index in [2.05, 4.69) is 17.6 Å². The molecular formula is C19H22N2O3. The average molecular weight is 326 g/mol. The number of nitrogens with one attached hydrogen (secondary N) is 2. The Morgan fingerprint density at radius 3 is 2.67 bits per heavy atom. The number of rotatable bonds is 5. The van der Waals surface area contributed by atoms with Gasteiger partial charge in [0.1, 0.15) is 5.75 Å². The maximum absolute atomic E-state index is 11.5. The number of carbonyl (C=O) groups is 1. The van der Waals surface area contributed by atoms with Crippen LogP contribution in [-0.2, 0) is 11.2 Å². The van der Waals surface area contributed by atoms with E-state index in [-0.39, 0.29) is 17.7 Å². The molecule has 1 heterocycles. The van der Waals surface area contributed by atoms with Crippen LogP contribution in [0.4, 0.5) is 5.69 Å². The van der Waals surface area contributed by atoms with Crippen LogP contribution < -0.4 is 10.6 Å². The molecular weight excluding hydrogens is 304 g/mol. The number of fused-ring (bicyclic) bond motifs is 1. The summed E-state index contributed by atoms with van der Waals surface area (Å²) in [5, 5.41) is 26.5. The fraction of sp³-hybridized carbons (Fsp3) is 0.316. The number of aromatic hydroxyl groups is 1. The Morgan fingerprint density at radius 2 is 1.92 bits per heavy atom. The van der Waals surface area contributed by atoms with E-state index < -0.39 is 6.10 Å². The Balaban J connectivity index is 1.73. The lowest BCUT2D eigenvalue weighted by molar-refractivity contribution is -0.116. The Morgan fingerprint density at radius 1 is 1.17 bits per heavy atom. The third-order valence-corrected chi connectivity index (χ3v) is 4.47. The van der Waals surface area contributed by atoms with Crippen LogP contribution in [-0.4, -0.2) is 22.7 Å². The molecule has 2 unspecified atom stereocenters. The van der Waals surface area contributed by atoms with Gasteiger partial charge in [0.15, 0.2) is 0 Å². The third-order valence-electron chi connectivity index (χ3n) is 4.47. The summed E-state index contributed by atoms with van der Waals surface area (Å²) in [6.45, 7) is 2.44. The van der Waals surface area contributed by atoms with Gasteiger partial charge in [0, 0.05) is 19.0 Å². The highest BCUT2D eigenvalue weighted by Gasteiger charge is 2.24. The van der Waals surface area contributed by atoms with Gasteiger partial charge in [-0.3, -0.25) is 4.79 Å². The van der Waals surface area contributed by atoms with Crippen molar-refractivity contribution < 1.29 is 15.0 Å². The SMILES string of the molecule is CC(NCC(O)c1ccc(O)c2c1CCC(=O)N2)c1ccccc1. The number of phenolic OH excluding ortho intramolecular Hbond substituents is 1. The molecule has 2 atom stereocenters. The monoisotopic (exact) mass is 326 g/mol. The van der Waals surface area contributed by atoms with E-state index in [1.807, 2.05) is 30.3 Å². The molecule has 0 saturated heterocycles. The summed E-state index contributed by atoms with van der Waals surface area (Å²) in [5.74, 6) is -0.0696. The number of hydrogen-bond donors (Lipinski definition) is 4. The van der Waals surface area contributed by atoms with Crippen LogP contribution in [0.3, 0.4) is 0 Å². The molecule has 2 aromatic carbocycles. The molecule has 24 heavy (non-hydrogen) atoms. The first-order valence-electron chi connectivity index (χ1n) is 8.17. The highest BCUT2D eigenvalue weighted by Crippen LogP contribution is 2.36. The van der Waals surface area contributed by atoms with Crippen molar-refractivity contribution in [3.05, 3.63) is 59.2 Å². The summed E-state index contributed by atoms with van der Waals surface area (Å²) >= 11 is 0. The van der Waals surface area contributed by atoms with Crippen LogP contribution >= 0.6 is 0 Å². The molecule has 5 heteroatoms. The largest absolute Gasteiger partial charge is 0.506 e. The van der Waals surface area contributed by atoms with Crippen molar-refractivity contribution in [3.8, 4) is 5.75 Å². The van der Waals surface area contributed by atoms with Crippen molar-refractivity contribution in [2.24, 2.45) is 0 Å². The van der Waals surface area contributed by atoms with Crippen molar-refractivity contribution in [1.82, 2.24) is 5.32 Å². The van der Waals surface area contributed by atoms with Crippen LogP contribution in [0, 0.1) is 0 Å². The number of phenols is 1. The average Bonchev–Trinajstić information content (AvgIpc) is 2.61. The van der Waals surface area contributed by atoms with E-state index in [0.29, 0.717) is 25.1 Å². The summed E-state index contributed by atoms with van der Waals surface area (Å²) in [6, 6.07) is 13.4. The Hall–Kier alpha value is -2.37. The molecule has 4 N–H and O–H groups in total. The lowest BCUT2D eigenvalue weighted by Crippen LogP contribution is -2.26. The summed E-state index contributed by atoms with van der Waals surface area (Å²) in [5.41, 5.74) is 3.15. The maximum Gasteiger partial charge on any atom is 0.224 e. The highest BCUT2D eigenvalue weighted by atomic mass is 16.3. The van der Waals surface area contributed by atoms with E-state index in [4.69, 9.17) is 0 Å². The van der Waals surface area contributed by atoms with E-state index >= 15 is 0 Å². The van der Waals surface area contributed by atoms with E-state index in [1.54, 1.807) is 6.07 Å². The van der Waals surface area contributed by atoms with E-state index in [0.717, 1.165) is 16.7 Å². The standard InChI is InChI=1S/C19H22N2O3/c1-12(13-5-3-2-4-6-13)20-11-17(23)14-7-9-16(22)19-15(14)8-10-18(24)21-19/h2-7,9,12,17,20,22-23H,8,10-11H2,1H3,(H,21,24). The number of anilines is 1. The van der Waals surface area contributed by atoms with Crippen LogP contribution in [0.5, 0.6) is 5.75 Å². The Labute approximate surface area is 141 Å². The number of carbonyl (C=O) groups excluding carboxylic acids is 1. The van der Waals surface area contributed by atoms with Gasteiger partial charge >= 0.3 is 0 Å². The minimum atomic E-state index is -0.708. The fourth-order valence-electron chi connectivity index (χ4n) is 3.07. The van der Waals surface area contributed by atoms with Gasteiger partial charge in [-0.1, -0.05) is 36.4 Å². The molecule has 0 radical (unpaired) electrons. The Kier molecular flexibility index (Phi) is 4.83. The maximum atomic E-state index is 11.5. The predicted octanol–water partition coefficient (Wildman–Crippen LogP) is 2.66. The van der Waals surface area contributed by atoms with Crippen molar-refractivity contribution in [2.45, 2.75) is 31.9 Å². The molecule has 0 saturated carbocycles. The van der Waals surface area contributed by atoms with Crippen molar-refractivity contribution in [3.63, 3.8) is 0 Å². The van der Waals surface area contributed by atoms with Gasteiger partial charge in [-0.25, -0.2) is 0 Å². The molecule has 3 rings (SSSR count). The minimum Gasteiger partial charge on any atom is -0.506 e. The molecule has 1 amide bonds. The molecule has 126 valence electrons. The van der Waals surface area contributed by atoms with Gasteiger partial charge in [0.25, 0.3) is 0 Å². The number of benzene rings is 2. The fourth-order valence-corrected chi connectivity index (χ4v) is 3.07. The van der Waals surface area contributed by atoms with Gasteiger partial charge in [0.2, 0.25) is 5.91 Å². The van der Waals surface area contributed by atoms with Crippen LogP contribution in [0.25, 0.3) is 0 Å². The van der Waals surface area contributed by atoms with Gasteiger partial charge in [-0.2, -0.15) is 0 Å². The number of hydrogen-bond acceptors (Lipinski definition) is 4. The zero-order valence-electron chi connectivity index (χ0n) is 13.6. The molecule has 1 aliphatic heterocycles. The third kappa shape index (κ3) is 3.42. The second-order valence-electron chi connectivity index (χ2n) is 6.13. The normalized spacial score (nSPS) is 16.2. The molecule has 5 nitrogen and oxygen atoms in total. The zero-order chi connectivity index (χ0) is 17.1. The van der Waals surface area contributed by atoms with Crippen molar-refractivity contribution in [1.29, 1.82) is 0 Å². The smallest absolute Gasteiger partial charge is 0.224 e. The summed E-state index contributed by atoms with van der Waals surface area (Å²) < 4.78 is 0. The lowest BCUT2D eigenvalue weighted by Gasteiger charge is -2.24. The first-order valence-corrected chi connectivity index (χ1v) is 8.17. The number of amides is 1. The second-order valence-corrected chi connectivity index (χ2v) is 6.13. The topological polar surface area (TPSA) is 81.6 Å². The minimum absolute atomic E-state index is 0.0413. The summed E-state index contributed by atoms with van der Waals surface area (Å²) in [4.78, 5) is 11.5. The van der Waals surface area contributed by atoms with Gasteiger partial charge < -0.3 is 20.8 Å². The number of aliphatic hydroxyl groups is 1. The molecule has 1 aliphatic rings. The molecule has 2 aromatic rings. The van der Waals surface area contributed by atoms with Gasteiger partial charge in [0.05, 0.1) is 11.8 Å². The molecule has 0 spiro atoms. The van der Waals surface area contributed by atoms with Crippen LogP contribution in [0.1, 0.15) is 42.2 Å². The van der Waals surface area contributed by atoms with E-state index in [9.17, 15) is 15.0 Å². The highest BCUT2D eigenvalue weighted by molar-refractivity contribution is 5.96. The zero-order valence-corrected chi connectivity index (χ0v) is 13.6. The van der Waals surface area contributed by atoms with Crippen molar-refractivity contribution in [2.75, 3.05) is 11.9 Å². The van der Waals surface area contributed by atoms with Crippen LogP contribution in [0.2, 0.25) is 0 Å². The molecule has 0 fully saturated rings. The Bertz CT molecular complexity index is 731. The van der Waals surface area contributed by atoms with E-state index in [1.165, 1.54) is 6.07 Å². The van der Waals surface area contributed by atoms with Crippen LogP contribution in [0.15, 0.2) is 42.5 Å².